The zero-order valence-corrected chi connectivity index (χ0v) is 18.7. The van der Waals surface area contributed by atoms with E-state index in [1.54, 1.807) is 11.3 Å². The van der Waals surface area contributed by atoms with Crippen molar-refractivity contribution < 1.29 is 8.78 Å². The molecular formula is C18H31F2IN4S. The first kappa shape index (κ1) is 23.6. The number of piperidine rings is 1. The maximum absolute atomic E-state index is 12.5. The minimum atomic E-state index is -2.24. The Bertz CT molecular complexity index is 505. The Kier molecular flexibility index (Phi) is 11.6. The van der Waals surface area contributed by atoms with Gasteiger partial charge in [0.2, 0.25) is 0 Å². The van der Waals surface area contributed by atoms with E-state index < -0.39 is 6.43 Å². The summed E-state index contributed by atoms with van der Waals surface area (Å²) in [5, 5.41) is 8.88. The predicted octanol–water partition coefficient (Wildman–Crippen LogP) is 3.83. The normalized spacial score (nSPS) is 17.8. The van der Waals surface area contributed by atoms with Crippen molar-refractivity contribution in [1.82, 2.24) is 15.5 Å². The molecular weight excluding hydrogens is 469 g/mol. The third-order valence-electron chi connectivity index (χ3n) is 4.36. The van der Waals surface area contributed by atoms with Gasteiger partial charge in [0.1, 0.15) is 0 Å². The quantitative estimate of drug-likeness (QED) is 0.324. The molecule has 0 bridgehead atoms. The largest absolute Gasteiger partial charge is 0.357 e. The average Bonchev–Trinajstić information content (AvgIpc) is 3.07. The number of hydrogen-bond acceptors (Lipinski definition) is 3. The summed E-state index contributed by atoms with van der Waals surface area (Å²) >= 11 is 1.79. The molecule has 26 heavy (non-hydrogen) atoms. The van der Waals surface area contributed by atoms with Crippen molar-refractivity contribution in [2.75, 3.05) is 32.7 Å². The van der Waals surface area contributed by atoms with Crippen LogP contribution in [0.2, 0.25) is 0 Å². The van der Waals surface area contributed by atoms with Crippen molar-refractivity contribution in [3.8, 4) is 0 Å². The van der Waals surface area contributed by atoms with Gasteiger partial charge in [-0.2, -0.15) is 0 Å². The number of guanidine groups is 1. The van der Waals surface area contributed by atoms with Crippen LogP contribution in [-0.4, -0.2) is 56.1 Å². The van der Waals surface area contributed by atoms with Crippen molar-refractivity contribution in [2.45, 2.75) is 45.6 Å². The number of halogens is 3. The van der Waals surface area contributed by atoms with E-state index in [-0.39, 0.29) is 30.5 Å². The molecule has 1 aliphatic rings. The highest BCUT2D eigenvalue weighted by Crippen LogP contribution is 2.15. The van der Waals surface area contributed by atoms with Gasteiger partial charge in [-0.3, -0.25) is 9.89 Å². The van der Waals surface area contributed by atoms with Gasteiger partial charge >= 0.3 is 0 Å². The highest BCUT2D eigenvalue weighted by Gasteiger charge is 2.22. The molecule has 1 aromatic heterocycles. The Balaban J connectivity index is 0.00000338. The van der Waals surface area contributed by atoms with Crippen LogP contribution in [0.4, 0.5) is 8.78 Å². The Hall–Kier alpha value is -0.480. The van der Waals surface area contributed by atoms with E-state index >= 15 is 0 Å². The molecule has 0 amide bonds. The van der Waals surface area contributed by atoms with E-state index in [4.69, 9.17) is 4.99 Å². The van der Waals surface area contributed by atoms with Crippen LogP contribution in [0.25, 0.3) is 0 Å². The minimum Gasteiger partial charge on any atom is -0.357 e. The summed E-state index contributed by atoms with van der Waals surface area (Å²) in [6.45, 7) is 7.19. The number of hydrogen-bond donors (Lipinski definition) is 2. The molecule has 4 nitrogen and oxygen atoms in total. The fourth-order valence-corrected chi connectivity index (χ4v) is 3.92. The van der Waals surface area contributed by atoms with E-state index in [0.29, 0.717) is 12.0 Å². The van der Waals surface area contributed by atoms with Gasteiger partial charge in [-0.15, -0.1) is 35.3 Å². The first-order valence-electron chi connectivity index (χ1n) is 9.14. The SMILES string of the molecule is CCNC(=NCC(C)Cc1cccs1)NC1CCN(CC(F)F)CC1.I. The second-order valence-corrected chi connectivity index (χ2v) is 7.75. The van der Waals surface area contributed by atoms with Gasteiger partial charge in [0, 0.05) is 37.1 Å². The highest BCUT2D eigenvalue weighted by atomic mass is 127. The molecule has 0 saturated carbocycles. The van der Waals surface area contributed by atoms with Crippen molar-refractivity contribution >= 4 is 41.3 Å². The van der Waals surface area contributed by atoms with Gasteiger partial charge in [-0.1, -0.05) is 13.0 Å². The zero-order chi connectivity index (χ0) is 18.1. The van der Waals surface area contributed by atoms with E-state index in [0.717, 1.165) is 51.4 Å². The van der Waals surface area contributed by atoms with Crippen molar-refractivity contribution in [2.24, 2.45) is 10.9 Å². The number of nitrogens with zero attached hydrogens (tertiary/aromatic N) is 2. The van der Waals surface area contributed by atoms with Gasteiger partial charge < -0.3 is 10.6 Å². The number of rotatable bonds is 8. The standard InChI is InChI=1S/C18H30F2N4S.HI/c1-3-21-18(22-12-14(2)11-16-5-4-10-25-16)23-15-6-8-24(9-7-15)13-17(19)20;/h4-5,10,14-15,17H,3,6-9,11-13H2,1-2H3,(H2,21,22,23);1H. The summed E-state index contributed by atoms with van der Waals surface area (Å²) in [7, 11) is 0. The van der Waals surface area contributed by atoms with E-state index in [1.165, 1.54) is 4.88 Å². The summed E-state index contributed by atoms with van der Waals surface area (Å²) in [5.74, 6) is 1.33. The van der Waals surface area contributed by atoms with E-state index in [9.17, 15) is 8.78 Å². The lowest BCUT2D eigenvalue weighted by atomic mass is 10.1. The maximum Gasteiger partial charge on any atom is 0.251 e. The second kappa shape index (κ2) is 12.8. The Morgan fingerprint density at radius 3 is 2.69 bits per heavy atom. The summed E-state index contributed by atoms with van der Waals surface area (Å²) in [5.41, 5.74) is 0. The fourth-order valence-electron chi connectivity index (χ4n) is 3.05. The van der Waals surface area contributed by atoms with Crippen molar-refractivity contribution in [1.29, 1.82) is 0 Å². The summed E-state index contributed by atoms with van der Waals surface area (Å²) in [4.78, 5) is 7.96. The van der Waals surface area contributed by atoms with Crippen LogP contribution < -0.4 is 10.6 Å². The molecule has 0 spiro atoms. The first-order chi connectivity index (χ1) is 12.1. The molecule has 1 unspecified atom stereocenters. The number of nitrogens with one attached hydrogen (secondary N) is 2. The second-order valence-electron chi connectivity index (χ2n) is 6.72. The lowest BCUT2D eigenvalue weighted by Crippen LogP contribution is -2.49. The number of thiophene rings is 1. The maximum atomic E-state index is 12.5. The molecule has 2 N–H and O–H groups in total. The zero-order valence-electron chi connectivity index (χ0n) is 15.6. The van der Waals surface area contributed by atoms with E-state index in [2.05, 4.69) is 42.0 Å². The van der Waals surface area contributed by atoms with Gasteiger partial charge in [0.15, 0.2) is 5.96 Å². The molecule has 1 atom stereocenters. The lowest BCUT2D eigenvalue weighted by Gasteiger charge is -2.32. The third kappa shape index (κ3) is 8.94. The van der Waals surface area contributed by atoms with E-state index in [1.807, 2.05) is 4.90 Å². The van der Waals surface area contributed by atoms with Crippen LogP contribution in [0.3, 0.4) is 0 Å². The summed E-state index contributed by atoms with van der Waals surface area (Å²) < 4.78 is 24.9. The third-order valence-corrected chi connectivity index (χ3v) is 5.26. The van der Waals surface area contributed by atoms with Gasteiger partial charge in [0.05, 0.1) is 6.54 Å². The highest BCUT2D eigenvalue weighted by molar-refractivity contribution is 14.0. The molecule has 2 rings (SSSR count). The lowest BCUT2D eigenvalue weighted by molar-refractivity contribution is 0.0744. The number of alkyl halides is 2. The fraction of sp³-hybridized carbons (Fsp3) is 0.722. The molecule has 0 aromatic carbocycles. The molecule has 1 aliphatic heterocycles. The molecule has 8 heteroatoms. The minimum absolute atomic E-state index is 0. The molecule has 1 fully saturated rings. The van der Waals surface area contributed by atoms with Crippen molar-refractivity contribution in [3.63, 3.8) is 0 Å². The summed E-state index contributed by atoms with van der Waals surface area (Å²) in [6, 6.07) is 4.56. The number of aliphatic imine (C=N–C) groups is 1. The van der Waals surface area contributed by atoms with Gasteiger partial charge in [-0.25, -0.2) is 8.78 Å². The molecule has 2 heterocycles. The van der Waals surface area contributed by atoms with Crippen molar-refractivity contribution in [3.05, 3.63) is 22.4 Å². The van der Waals surface area contributed by atoms with Crippen LogP contribution in [0.15, 0.2) is 22.5 Å². The molecule has 1 aromatic rings. The predicted molar refractivity (Wildman–Crippen MR) is 117 cm³/mol. The topological polar surface area (TPSA) is 39.7 Å². The number of likely N-dealkylation sites (tertiary alicyclic amines) is 1. The Morgan fingerprint density at radius 1 is 1.38 bits per heavy atom. The van der Waals surface area contributed by atoms with Crippen LogP contribution >= 0.6 is 35.3 Å². The molecule has 150 valence electrons. The van der Waals surface area contributed by atoms with Crippen LogP contribution in [0.5, 0.6) is 0 Å². The Labute approximate surface area is 176 Å². The smallest absolute Gasteiger partial charge is 0.251 e. The van der Waals surface area contributed by atoms with Gasteiger partial charge in [-0.05, 0) is 43.6 Å². The average molecular weight is 500 g/mol. The molecule has 0 radical (unpaired) electrons. The van der Waals surface area contributed by atoms with Crippen LogP contribution in [-0.2, 0) is 6.42 Å². The van der Waals surface area contributed by atoms with Gasteiger partial charge in [0.25, 0.3) is 6.43 Å². The summed E-state index contributed by atoms with van der Waals surface area (Å²) in [6.07, 6.45) is 0.560. The van der Waals surface area contributed by atoms with Crippen LogP contribution in [0.1, 0.15) is 31.6 Å². The van der Waals surface area contributed by atoms with Crippen LogP contribution in [0, 0.1) is 5.92 Å². The first-order valence-corrected chi connectivity index (χ1v) is 10.0. The molecule has 0 aliphatic carbocycles. The monoisotopic (exact) mass is 500 g/mol. The molecule has 1 saturated heterocycles. The Morgan fingerprint density at radius 2 is 2.12 bits per heavy atom.